The standard InChI is InChI=1S/C21H17NO2.C15H12N2O3/c1-2-4-16(5-3-1)15-23-18-6-8-19(9-7-18)24-20-10-11-21-17(14-20)12-13-22-21;16-15(19)13-8-17-14-6-5-11(7-12(13)14)20-10-3-1-9(18)2-4-10/h1-14,22H,15H2;1-8,17-18H,(H2,16,19). The second-order valence-electron chi connectivity index (χ2n) is 9.94. The molecule has 0 radical (unpaired) electrons. The molecule has 0 saturated heterocycles. The Bertz CT molecular complexity index is 2000. The number of aromatic nitrogens is 2. The van der Waals surface area contributed by atoms with Crippen LogP contribution in [-0.4, -0.2) is 21.0 Å². The normalized spacial score (nSPS) is 10.6. The summed E-state index contributed by atoms with van der Waals surface area (Å²) in [6.45, 7) is 0.561. The van der Waals surface area contributed by atoms with E-state index < -0.39 is 5.91 Å². The Hall–Kier alpha value is -6.15. The second kappa shape index (κ2) is 12.8. The second-order valence-corrected chi connectivity index (χ2v) is 9.94. The number of hydrogen-bond acceptors (Lipinski definition) is 5. The zero-order chi connectivity index (χ0) is 30.3. The van der Waals surface area contributed by atoms with Gasteiger partial charge in [-0.25, -0.2) is 0 Å². The summed E-state index contributed by atoms with van der Waals surface area (Å²) >= 11 is 0. The molecule has 7 rings (SSSR count). The average molecular weight is 584 g/mol. The summed E-state index contributed by atoms with van der Waals surface area (Å²) in [5.74, 6) is 3.31. The van der Waals surface area contributed by atoms with Crippen LogP contribution >= 0.6 is 0 Å². The summed E-state index contributed by atoms with van der Waals surface area (Å²) in [4.78, 5) is 17.5. The van der Waals surface area contributed by atoms with Gasteiger partial charge in [0.05, 0.1) is 5.56 Å². The molecule has 0 spiro atoms. The van der Waals surface area contributed by atoms with E-state index in [2.05, 4.69) is 22.1 Å². The summed E-state index contributed by atoms with van der Waals surface area (Å²) < 4.78 is 17.4. The average Bonchev–Trinajstić information content (AvgIpc) is 3.70. The fourth-order valence-corrected chi connectivity index (χ4v) is 4.59. The van der Waals surface area contributed by atoms with Crippen molar-refractivity contribution in [2.45, 2.75) is 6.61 Å². The van der Waals surface area contributed by atoms with E-state index in [1.165, 1.54) is 0 Å². The summed E-state index contributed by atoms with van der Waals surface area (Å²) in [6, 6.07) is 37.6. The van der Waals surface area contributed by atoms with E-state index in [0.717, 1.165) is 39.2 Å². The van der Waals surface area contributed by atoms with Gasteiger partial charge in [0.2, 0.25) is 0 Å². The van der Waals surface area contributed by atoms with Gasteiger partial charge in [0.1, 0.15) is 41.1 Å². The van der Waals surface area contributed by atoms with Crippen molar-refractivity contribution in [2.24, 2.45) is 5.73 Å². The van der Waals surface area contributed by atoms with Crippen LogP contribution in [0.4, 0.5) is 0 Å². The molecule has 7 aromatic rings. The Kier molecular flexibility index (Phi) is 8.14. The highest BCUT2D eigenvalue weighted by molar-refractivity contribution is 6.06. The van der Waals surface area contributed by atoms with Gasteiger partial charge in [-0.15, -0.1) is 0 Å². The van der Waals surface area contributed by atoms with Gasteiger partial charge in [0, 0.05) is 34.2 Å². The molecule has 5 N–H and O–H groups in total. The molecule has 8 heteroatoms. The van der Waals surface area contributed by atoms with E-state index in [-0.39, 0.29) is 5.75 Å². The summed E-state index contributed by atoms with van der Waals surface area (Å²) in [6.07, 6.45) is 3.50. The topological polar surface area (TPSA) is 123 Å². The number of carbonyl (C=O) groups is 1. The molecular weight excluding hydrogens is 554 g/mol. The lowest BCUT2D eigenvalue weighted by atomic mass is 10.1. The molecule has 0 saturated carbocycles. The summed E-state index contributed by atoms with van der Waals surface area (Å²) in [5.41, 5.74) is 8.81. The predicted molar refractivity (Wildman–Crippen MR) is 171 cm³/mol. The molecule has 218 valence electrons. The van der Waals surface area contributed by atoms with Crippen LogP contribution in [0.3, 0.4) is 0 Å². The van der Waals surface area contributed by atoms with Gasteiger partial charge in [-0.1, -0.05) is 30.3 Å². The van der Waals surface area contributed by atoms with Crippen molar-refractivity contribution < 1.29 is 24.1 Å². The van der Waals surface area contributed by atoms with Crippen LogP contribution in [0, 0.1) is 0 Å². The third-order valence-corrected chi connectivity index (χ3v) is 6.82. The number of aromatic hydroxyl groups is 1. The molecule has 8 nitrogen and oxygen atoms in total. The number of nitrogens with two attached hydrogens (primary N) is 1. The molecule has 0 aliphatic carbocycles. The maximum atomic E-state index is 11.3. The summed E-state index contributed by atoms with van der Waals surface area (Å²) in [7, 11) is 0. The van der Waals surface area contributed by atoms with E-state index in [1.807, 2.05) is 79.0 Å². The SMILES string of the molecule is NC(=O)c1c[nH]c2ccc(Oc3ccc(O)cc3)cc12.c1ccc(COc2ccc(Oc3ccc4[nH]ccc4c3)cc2)cc1. The van der Waals surface area contributed by atoms with Crippen molar-refractivity contribution in [2.75, 3.05) is 0 Å². The van der Waals surface area contributed by atoms with Gasteiger partial charge in [0.25, 0.3) is 5.91 Å². The maximum absolute atomic E-state index is 11.3. The van der Waals surface area contributed by atoms with Crippen molar-refractivity contribution in [3.63, 3.8) is 0 Å². The van der Waals surface area contributed by atoms with Crippen LogP contribution in [-0.2, 0) is 6.61 Å². The number of phenols is 1. The van der Waals surface area contributed by atoms with E-state index in [4.69, 9.17) is 19.9 Å². The number of benzene rings is 5. The Morgan fingerprint density at radius 3 is 1.98 bits per heavy atom. The third-order valence-electron chi connectivity index (χ3n) is 6.82. The molecule has 0 unspecified atom stereocenters. The molecule has 0 fully saturated rings. The Morgan fingerprint density at radius 2 is 1.27 bits per heavy atom. The van der Waals surface area contributed by atoms with Crippen LogP contribution in [0.2, 0.25) is 0 Å². The largest absolute Gasteiger partial charge is 0.508 e. The smallest absolute Gasteiger partial charge is 0.250 e. The van der Waals surface area contributed by atoms with E-state index in [0.29, 0.717) is 29.1 Å². The van der Waals surface area contributed by atoms with Crippen molar-refractivity contribution in [1.82, 2.24) is 9.97 Å². The molecule has 1 amide bonds. The van der Waals surface area contributed by atoms with E-state index >= 15 is 0 Å². The van der Waals surface area contributed by atoms with Crippen molar-refractivity contribution in [3.8, 4) is 34.5 Å². The van der Waals surface area contributed by atoms with Gasteiger partial charge < -0.3 is 35.0 Å². The van der Waals surface area contributed by atoms with E-state index in [1.54, 1.807) is 42.6 Å². The minimum absolute atomic E-state index is 0.175. The minimum Gasteiger partial charge on any atom is -0.508 e. The Labute approximate surface area is 253 Å². The summed E-state index contributed by atoms with van der Waals surface area (Å²) in [5, 5.41) is 11.1. The highest BCUT2D eigenvalue weighted by Crippen LogP contribution is 2.29. The fraction of sp³-hybridized carbons (Fsp3) is 0.0278. The molecule has 0 bridgehead atoms. The number of H-pyrrole nitrogens is 2. The molecule has 0 aliphatic heterocycles. The van der Waals surface area contributed by atoms with Crippen molar-refractivity contribution in [3.05, 3.63) is 145 Å². The van der Waals surface area contributed by atoms with Crippen LogP contribution in [0.25, 0.3) is 21.8 Å². The van der Waals surface area contributed by atoms with Crippen LogP contribution < -0.4 is 19.9 Å². The Balaban J connectivity index is 0.000000159. The molecule has 0 atom stereocenters. The predicted octanol–water partition coefficient (Wildman–Crippen LogP) is 8.30. The fourth-order valence-electron chi connectivity index (χ4n) is 4.59. The first-order valence-electron chi connectivity index (χ1n) is 13.9. The zero-order valence-corrected chi connectivity index (χ0v) is 23.6. The molecular formula is C36H29N3O5. The quantitative estimate of drug-likeness (QED) is 0.143. The number of ether oxygens (including phenoxy) is 3. The molecule has 0 aliphatic rings. The highest BCUT2D eigenvalue weighted by Gasteiger charge is 2.10. The van der Waals surface area contributed by atoms with Crippen LogP contribution in [0.15, 0.2) is 134 Å². The molecule has 2 aromatic heterocycles. The molecule has 2 heterocycles. The number of primary amides is 1. The first kappa shape index (κ1) is 28.0. The molecule has 44 heavy (non-hydrogen) atoms. The lowest BCUT2D eigenvalue weighted by Gasteiger charge is -2.09. The number of fused-ring (bicyclic) bond motifs is 2. The van der Waals surface area contributed by atoms with Crippen molar-refractivity contribution in [1.29, 1.82) is 0 Å². The Morgan fingerprint density at radius 1 is 0.659 bits per heavy atom. The van der Waals surface area contributed by atoms with Gasteiger partial charge in [-0.3, -0.25) is 4.79 Å². The monoisotopic (exact) mass is 583 g/mol. The van der Waals surface area contributed by atoms with Crippen LogP contribution in [0.1, 0.15) is 15.9 Å². The number of carbonyl (C=O) groups excluding carboxylic acids is 1. The van der Waals surface area contributed by atoms with Crippen molar-refractivity contribution >= 4 is 27.7 Å². The highest BCUT2D eigenvalue weighted by atomic mass is 16.5. The number of aromatic amines is 2. The van der Waals surface area contributed by atoms with Gasteiger partial charge in [-0.05, 0) is 96.6 Å². The van der Waals surface area contributed by atoms with E-state index in [9.17, 15) is 9.90 Å². The molecule has 5 aromatic carbocycles. The van der Waals surface area contributed by atoms with Gasteiger partial charge >= 0.3 is 0 Å². The number of rotatable bonds is 8. The van der Waals surface area contributed by atoms with Gasteiger partial charge in [-0.2, -0.15) is 0 Å². The number of amides is 1. The van der Waals surface area contributed by atoms with Gasteiger partial charge in [0.15, 0.2) is 0 Å². The minimum atomic E-state index is -0.488. The number of hydrogen-bond donors (Lipinski definition) is 4. The first-order chi connectivity index (χ1) is 21.5. The third kappa shape index (κ3) is 6.83. The number of phenolic OH excluding ortho intramolecular Hbond substituents is 1. The van der Waals surface area contributed by atoms with Crippen LogP contribution in [0.5, 0.6) is 34.5 Å². The lowest BCUT2D eigenvalue weighted by molar-refractivity contribution is 0.100. The maximum Gasteiger partial charge on any atom is 0.250 e. The number of nitrogens with one attached hydrogen (secondary N) is 2. The zero-order valence-electron chi connectivity index (χ0n) is 23.6. The lowest BCUT2D eigenvalue weighted by Crippen LogP contribution is -2.09. The first-order valence-corrected chi connectivity index (χ1v) is 13.9.